The molecule has 1 heterocycles. The molecular formula is C9H7BrClNO. The summed E-state index contributed by atoms with van der Waals surface area (Å²) in [6, 6.07) is 5.79. The van der Waals surface area contributed by atoms with Gasteiger partial charge in [0.1, 0.15) is 5.52 Å². The van der Waals surface area contributed by atoms with E-state index in [1.54, 1.807) is 0 Å². The summed E-state index contributed by atoms with van der Waals surface area (Å²) in [6.45, 7) is 0. The Kier molecular flexibility index (Phi) is 2.56. The molecule has 0 saturated heterocycles. The Hall–Kier alpha value is -0.540. The van der Waals surface area contributed by atoms with Gasteiger partial charge in [-0.3, -0.25) is 0 Å². The number of oxazole rings is 1. The first kappa shape index (κ1) is 9.03. The van der Waals surface area contributed by atoms with Crippen LogP contribution in [0.1, 0.15) is 11.5 Å². The Morgan fingerprint density at radius 2 is 2.31 bits per heavy atom. The Bertz CT molecular complexity index is 426. The average Bonchev–Trinajstić information content (AvgIpc) is 2.59. The third kappa shape index (κ3) is 1.58. The van der Waals surface area contributed by atoms with Crippen LogP contribution < -0.4 is 0 Å². The van der Waals surface area contributed by atoms with Crippen LogP contribution in [0.5, 0.6) is 0 Å². The van der Waals surface area contributed by atoms with Crippen LogP contribution in [0.3, 0.4) is 0 Å². The summed E-state index contributed by atoms with van der Waals surface area (Å²) in [7, 11) is 0. The smallest absolute Gasteiger partial charge is 0.206 e. The predicted octanol–water partition coefficient (Wildman–Crippen LogP) is 3.46. The molecule has 0 unspecified atom stereocenters. The molecule has 0 spiro atoms. The van der Waals surface area contributed by atoms with Gasteiger partial charge < -0.3 is 4.42 Å². The van der Waals surface area contributed by atoms with E-state index in [9.17, 15) is 0 Å². The van der Waals surface area contributed by atoms with Gasteiger partial charge in [-0.1, -0.05) is 28.1 Å². The predicted molar refractivity (Wildman–Crippen MR) is 56.2 cm³/mol. The van der Waals surface area contributed by atoms with Gasteiger partial charge >= 0.3 is 0 Å². The summed E-state index contributed by atoms with van der Waals surface area (Å²) in [6.07, 6.45) is 0. The van der Waals surface area contributed by atoms with E-state index in [1.165, 1.54) is 0 Å². The van der Waals surface area contributed by atoms with Crippen molar-refractivity contribution in [2.24, 2.45) is 0 Å². The summed E-state index contributed by atoms with van der Waals surface area (Å²) in [5.41, 5.74) is 2.65. The molecular weight excluding hydrogens is 253 g/mol. The maximum Gasteiger partial charge on any atom is 0.206 e. The molecule has 0 aliphatic carbocycles. The number of benzene rings is 1. The fourth-order valence-electron chi connectivity index (χ4n) is 1.21. The molecule has 0 bridgehead atoms. The second-order valence-electron chi connectivity index (χ2n) is 2.64. The number of aromatic nitrogens is 1. The van der Waals surface area contributed by atoms with Crippen molar-refractivity contribution in [2.75, 3.05) is 0 Å². The van der Waals surface area contributed by atoms with Crippen LogP contribution in [-0.4, -0.2) is 4.98 Å². The van der Waals surface area contributed by atoms with Gasteiger partial charge in [-0.2, -0.15) is 0 Å². The lowest BCUT2D eigenvalue weighted by atomic mass is 10.2. The molecule has 68 valence electrons. The number of fused-ring (bicyclic) bond motifs is 1. The zero-order valence-electron chi connectivity index (χ0n) is 6.76. The van der Waals surface area contributed by atoms with Crippen molar-refractivity contribution in [3.8, 4) is 0 Å². The molecule has 0 saturated carbocycles. The molecule has 1 aromatic carbocycles. The highest BCUT2D eigenvalue weighted by Gasteiger charge is 2.07. The maximum atomic E-state index is 5.76. The summed E-state index contributed by atoms with van der Waals surface area (Å²) in [5.74, 6) is 1.14. The molecule has 2 nitrogen and oxygen atoms in total. The molecule has 0 N–H and O–H groups in total. The second kappa shape index (κ2) is 3.68. The van der Waals surface area contributed by atoms with Crippen molar-refractivity contribution >= 4 is 38.6 Å². The second-order valence-corrected chi connectivity index (χ2v) is 3.47. The third-order valence-electron chi connectivity index (χ3n) is 1.80. The van der Waals surface area contributed by atoms with Crippen molar-refractivity contribution in [3.05, 3.63) is 29.7 Å². The SMILES string of the molecule is ClCc1cccc2nc(CBr)oc12. The van der Waals surface area contributed by atoms with Crippen LogP contribution in [0.4, 0.5) is 0 Å². The van der Waals surface area contributed by atoms with Crippen molar-refractivity contribution in [2.45, 2.75) is 11.2 Å². The van der Waals surface area contributed by atoms with Crippen molar-refractivity contribution in [1.82, 2.24) is 4.98 Å². The van der Waals surface area contributed by atoms with Gasteiger partial charge in [-0.25, -0.2) is 4.98 Å². The highest BCUT2D eigenvalue weighted by molar-refractivity contribution is 9.08. The highest BCUT2D eigenvalue weighted by atomic mass is 79.9. The van der Waals surface area contributed by atoms with Crippen molar-refractivity contribution in [3.63, 3.8) is 0 Å². The molecule has 4 heteroatoms. The van der Waals surface area contributed by atoms with Crippen molar-refractivity contribution < 1.29 is 4.42 Å². The molecule has 0 aliphatic rings. The first-order valence-electron chi connectivity index (χ1n) is 3.84. The van der Waals surface area contributed by atoms with Crippen LogP contribution in [0.2, 0.25) is 0 Å². The monoisotopic (exact) mass is 259 g/mol. The number of hydrogen-bond donors (Lipinski definition) is 0. The molecule has 2 aromatic rings. The maximum absolute atomic E-state index is 5.76. The summed E-state index contributed by atoms with van der Waals surface area (Å²) >= 11 is 9.05. The van der Waals surface area contributed by atoms with Gasteiger partial charge in [-0.05, 0) is 6.07 Å². The van der Waals surface area contributed by atoms with Crippen LogP contribution in [-0.2, 0) is 11.2 Å². The molecule has 13 heavy (non-hydrogen) atoms. The minimum Gasteiger partial charge on any atom is -0.439 e. The Morgan fingerprint density at radius 3 is 3.00 bits per heavy atom. The largest absolute Gasteiger partial charge is 0.439 e. The summed E-state index contributed by atoms with van der Waals surface area (Å²) < 4.78 is 5.50. The van der Waals surface area contributed by atoms with E-state index in [1.807, 2.05) is 18.2 Å². The summed E-state index contributed by atoms with van der Waals surface area (Å²) in [4.78, 5) is 4.27. The van der Waals surface area contributed by atoms with E-state index in [2.05, 4.69) is 20.9 Å². The van der Waals surface area contributed by atoms with Gasteiger partial charge in [0.25, 0.3) is 0 Å². The van der Waals surface area contributed by atoms with Gasteiger partial charge in [0.05, 0.1) is 11.2 Å². The fourth-order valence-corrected chi connectivity index (χ4v) is 1.66. The number of halogens is 2. The molecule has 0 amide bonds. The lowest BCUT2D eigenvalue weighted by Crippen LogP contribution is -1.77. The van der Waals surface area contributed by atoms with Crippen LogP contribution >= 0.6 is 27.5 Å². The number of para-hydroxylation sites is 1. The van der Waals surface area contributed by atoms with Crippen LogP contribution in [0, 0.1) is 0 Å². The average molecular weight is 261 g/mol. The normalized spacial score (nSPS) is 10.9. The molecule has 1 aromatic heterocycles. The topological polar surface area (TPSA) is 26.0 Å². The lowest BCUT2D eigenvalue weighted by Gasteiger charge is -1.93. The van der Waals surface area contributed by atoms with Gasteiger partial charge in [-0.15, -0.1) is 11.6 Å². The molecule has 2 rings (SSSR count). The van der Waals surface area contributed by atoms with Gasteiger partial charge in [0, 0.05) is 5.56 Å². The van der Waals surface area contributed by atoms with Crippen LogP contribution in [0.25, 0.3) is 11.1 Å². The number of nitrogens with zero attached hydrogens (tertiary/aromatic N) is 1. The minimum atomic E-state index is 0.453. The van der Waals surface area contributed by atoms with E-state index in [4.69, 9.17) is 16.0 Å². The Labute approximate surface area is 89.0 Å². The Balaban J connectivity index is 2.67. The van der Waals surface area contributed by atoms with Gasteiger partial charge in [0.15, 0.2) is 5.58 Å². The van der Waals surface area contributed by atoms with Gasteiger partial charge in [0.2, 0.25) is 5.89 Å². The molecule has 0 aliphatic heterocycles. The first-order chi connectivity index (χ1) is 6.35. The zero-order chi connectivity index (χ0) is 9.26. The third-order valence-corrected chi connectivity index (χ3v) is 2.57. The van der Waals surface area contributed by atoms with E-state index >= 15 is 0 Å². The van der Waals surface area contributed by atoms with Crippen molar-refractivity contribution in [1.29, 1.82) is 0 Å². The Morgan fingerprint density at radius 1 is 1.46 bits per heavy atom. The lowest BCUT2D eigenvalue weighted by molar-refractivity contribution is 0.555. The quantitative estimate of drug-likeness (QED) is 0.773. The fraction of sp³-hybridized carbons (Fsp3) is 0.222. The molecule has 0 atom stereocenters. The number of alkyl halides is 2. The van der Waals surface area contributed by atoms with Crippen LogP contribution in [0.15, 0.2) is 22.6 Å². The first-order valence-corrected chi connectivity index (χ1v) is 5.50. The van der Waals surface area contributed by atoms with E-state index in [-0.39, 0.29) is 0 Å². The molecule has 0 fully saturated rings. The standard InChI is InChI=1S/C9H7BrClNO/c10-4-8-12-7-3-1-2-6(5-11)9(7)13-8/h1-3H,4-5H2. The minimum absolute atomic E-state index is 0.453. The van der Waals surface area contributed by atoms with E-state index < -0.39 is 0 Å². The number of hydrogen-bond acceptors (Lipinski definition) is 2. The van der Waals surface area contributed by atoms with E-state index in [0.717, 1.165) is 16.7 Å². The molecule has 0 radical (unpaired) electrons. The summed E-state index contributed by atoms with van der Waals surface area (Å²) in [5, 5.41) is 0.628. The van der Waals surface area contributed by atoms with E-state index in [0.29, 0.717) is 17.1 Å². The zero-order valence-corrected chi connectivity index (χ0v) is 9.10. The highest BCUT2D eigenvalue weighted by Crippen LogP contribution is 2.22. The number of rotatable bonds is 2.